The molecule has 0 radical (unpaired) electrons. The van der Waals surface area contributed by atoms with Gasteiger partial charge in [0.05, 0.1) is 7.11 Å². The lowest BCUT2D eigenvalue weighted by Gasteiger charge is -2.32. The minimum Gasteiger partial charge on any atom is -0.497 e. The van der Waals surface area contributed by atoms with Gasteiger partial charge in [-0.2, -0.15) is 0 Å². The molecule has 0 atom stereocenters. The van der Waals surface area contributed by atoms with Crippen molar-refractivity contribution in [2.24, 2.45) is 5.41 Å². The minimum atomic E-state index is 0.255. The lowest BCUT2D eigenvalue weighted by Crippen LogP contribution is -2.39. The third-order valence-electron chi connectivity index (χ3n) is 3.03. The van der Waals surface area contributed by atoms with Crippen molar-refractivity contribution in [3.63, 3.8) is 0 Å². The van der Waals surface area contributed by atoms with Crippen molar-refractivity contribution in [2.75, 3.05) is 38.7 Å². The predicted molar refractivity (Wildman–Crippen MR) is 78.6 cm³/mol. The fourth-order valence-electron chi connectivity index (χ4n) is 2.09. The predicted octanol–water partition coefficient (Wildman–Crippen LogP) is 2.77. The molecule has 3 heteroatoms. The van der Waals surface area contributed by atoms with Gasteiger partial charge in [-0.05, 0) is 36.2 Å². The third kappa shape index (κ3) is 4.57. The Morgan fingerprint density at radius 2 is 1.83 bits per heavy atom. The van der Waals surface area contributed by atoms with Gasteiger partial charge in [-0.25, -0.2) is 0 Å². The van der Waals surface area contributed by atoms with Crippen LogP contribution in [0.1, 0.15) is 20.8 Å². The zero-order chi connectivity index (χ0) is 13.6. The van der Waals surface area contributed by atoms with E-state index < -0.39 is 0 Å². The quantitative estimate of drug-likeness (QED) is 0.805. The maximum atomic E-state index is 5.17. The second-order valence-electron chi connectivity index (χ2n) is 5.50. The fourth-order valence-corrected chi connectivity index (χ4v) is 2.09. The zero-order valence-corrected chi connectivity index (χ0v) is 12.3. The molecule has 18 heavy (non-hydrogen) atoms. The largest absolute Gasteiger partial charge is 0.497 e. The first kappa shape index (κ1) is 14.8. The summed E-state index contributed by atoms with van der Waals surface area (Å²) >= 11 is 0. The van der Waals surface area contributed by atoms with E-state index in [-0.39, 0.29) is 5.41 Å². The van der Waals surface area contributed by atoms with Crippen LogP contribution in [0.25, 0.3) is 0 Å². The van der Waals surface area contributed by atoms with Crippen LogP contribution in [0.15, 0.2) is 24.3 Å². The molecule has 0 aliphatic carbocycles. The van der Waals surface area contributed by atoms with E-state index in [4.69, 9.17) is 4.74 Å². The Bertz CT molecular complexity index is 346. The lowest BCUT2D eigenvalue weighted by molar-refractivity contribution is 0.350. The molecule has 3 nitrogen and oxygen atoms in total. The standard InChI is InChI=1S/C15H26N2O/c1-6-16-11-15(2,3)12-17(4)13-7-9-14(18-5)10-8-13/h7-10,16H,6,11-12H2,1-5H3. The summed E-state index contributed by atoms with van der Waals surface area (Å²) in [4.78, 5) is 2.29. The van der Waals surface area contributed by atoms with Gasteiger partial charge in [-0.15, -0.1) is 0 Å². The first-order valence-electron chi connectivity index (χ1n) is 6.54. The molecular weight excluding hydrogens is 224 g/mol. The lowest BCUT2D eigenvalue weighted by atomic mass is 9.92. The Balaban J connectivity index is 2.60. The molecule has 1 N–H and O–H groups in total. The number of hydrogen-bond acceptors (Lipinski definition) is 3. The molecule has 1 rings (SSSR count). The first-order chi connectivity index (χ1) is 8.48. The molecule has 0 amide bonds. The smallest absolute Gasteiger partial charge is 0.119 e. The van der Waals surface area contributed by atoms with Crippen molar-refractivity contribution in [3.05, 3.63) is 24.3 Å². The molecule has 0 aromatic heterocycles. The molecule has 0 bridgehead atoms. The number of ether oxygens (including phenoxy) is 1. The average Bonchev–Trinajstić information content (AvgIpc) is 2.36. The zero-order valence-electron chi connectivity index (χ0n) is 12.3. The molecule has 102 valence electrons. The molecule has 0 heterocycles. The highest BCUT2D eigenvalue weighted by atomic mass is 16.5. The van der Waals surface area contributed by atoms with Gasteiger partial charge in [0.15, 0.2) is 0 Å². The summed E-state index contributed by atoms with van der Waals surface area (Å²) in [5, 5.41) is 3.42. The van der Waals surface area contributed by atoms with E-state index in [9.17, 15) is 0 Å². The van der Waals surface area contributed by atoms with Crippen LogP contribution in [0.2, 0.25) is 0 Å². The Hall–Kier alpha value is -1.22. The minimum absolute atomic E-state index is 0.255. The van der Waals surface area contributed by atoms with Crippen molar-refractivity contribution in [1.29, 1.82) is 0 Å². The second-order valence-corrected chi connectivity index (χ2v) is 5.50. The van der Waals surface area contributed by atoms with Gasteiger partial charge in [-0.1, -0.05) is 20.8 Å². The first-order valence-corrected chi connectivity index (χ1v) is 6.54. The van der Waals surface area contributed by atoms with Gasteiger partial charge in [0.25, 0.3) is 0 Å². The number of nitrogens with zero attached hydrogens (tertiary/aromatic N) is 1. The van der Waals surface area contributed by atoms with E-state index in [0.29, 0.717) is 0 Å². The molecule has 1 aromatic rings. The van der Waals surface area contributed by atoms with Crippen LogP contribution in [0.4, 0.5) is 5.69 Å². The van der Waals surface area contributed by atoms with Gasteiger partial charge in [0.2, 0.25) is 0 Å². The Labute approximate surface area is 111 Å². The van der Waals surface area contributed by atoms with Crippen molar-refractivity contribution >= 4 is 5.69 Å². The highest BCUT2D eigenvalue weighted by Gasteiger charge is 2.19. The van der Waals surface area contributed by atoms with Gasteiger partial charge in [0, 0.05) is 25.8 Å². The van der Waals surface area contributed by atoms with Crippen LogP contribution >= 0.6 is 0 Å². The molecule has 0 fully saturated rings. The van der Waals surface area contributed by atoms with Gasteiger partial charge in [-0.3, -0.25) is 0 Å². The number of anilines is 1. The van der Waals surface area contributed by atoms with Crippen molar-refractivity contribution in [2.45, 2.75) is 20.8 Å². The number of methoxy groups -OCH3 is 1. The normalized spacial score (nSPS) is 11.4. The summed E-state index contributed by atoms with van der Waals surface area (Å²) in [5.41, 5.74) is 1.48. The van der Waals surface area contributed by atoms with Gasteiger partial charge in [0.1, 0.15) is 5.75 Å². The van der Waals surface area contributed by atoms with Crippen LogP contribution in [0.3, 0.4) is 0 Å². The summed E-state index contributed by atoms with van der Waals surface area (Å²) in [5.74, 6) is 0.902. The topological polar surface area (TPSA) is 24.5 Å². The van der Waals surface area contributed by atoms with Gasteiger partial charge < -0.3 is 15.0 Å². The van der Waals surface area contributed by atoms with E-state index in [2.05, 4.69) is 50.2 Å². The number of benzene rings is 1. The molecule has 0 saturated carbocycles. The Kier molecular flexibility index (Phi) is 5.48. The monoisotopic (exact) mass is 250 g/mol. The molecule has 0 saturated heterocycles. The maximum absolute atomic E-state index is 5.17. The van der Waals surface area contributed by atoms with Gasteiger partial charge >= 0.3 is 0 Å². The summed E-state index contributed by atoms with van der Waals surface area (Å²) in [6.07, 6.45) is 0. The molecule has 0 unspecified atom stereocenters. The van der Waals surface area contributed by atoms with E-state index in [1.807, 2.05) is 12.1 Å². The second kappa shape index (κ2) is 6.64. The van der Waals surface area contributed by atoms with Crippen LogP contribution in [-0.4, -0.2) is 33.8 Å². The highest BCUT2D eigenvalue weighted by Crippen LogP contribution is 2.22. The molecule has 1 aromatic carbocycles. The van der Waals surface area contributed by atoms with E-state index in [1.165, 1.54) is 5.69 Å². The van der Waals surface area contributed by atoms with Crippen LogP contribution in [0, 0.1) is 5.41 Å². The molecule has 0 aliphatic heterocycles. The molecule has 0 aliphatic rings. The Morgan fingerprint density at radius 3 is 2.33 bits per heavy atom. The number of rotatable bonds is 7. The van der Waals surface area contributed by atoms with Crippen molar-refractivity contribution in [1.82, 2.24) is 5.32 Å². The maximum Gasteiger partial charge on any atom is 0.119 e. The third-order valence-corrected chi connectivity index (χ3v) is 3.03. The SMILES string of the molecule is CCNCC(C)(C)CN(C)c1ccc(OC)cc1. The highest BCUT2D eigenvalue weighted by molar-refractivity contribution is 5.48. The number of nitrogens with one attached hydrogen (secondary N) is 1. The summed E-state index contributed by atoms with van der Waals surface area (Å²) in [6, 6.07) is 8.20. The fraction of sp³-hybridized carbons (Fsp3) is 0.600. The Morgan fingerprint density at radius 1 is 1.22 bits per heavy atom. The van der Waals surface area contributed by atoms with E-state index in [0.717, 1.165) is 25.4 Å². The van der Waals surface area contributed by atoms with Crippen LogP contribution < -0.4 is 15.0 Å². The average molecular weight is 250 g/mol. The van der Waals surface area contributed by atoms with Crippen LogP contribution in [-0.2, 0) is 0 Å². The molecule has 0 spiro atoms. The van der Waals surface area contributed by atoms with E-state index >= 15 is 0 Å². The van der Waals surface area contributed by atoms with Crippen molar-refractivity contribution < 1.29 is 4.74 Å². The van der Waals surface area contributed by atoms with E-state index in [1.54, 1.807) is 7.11 Å². The summed E-state index contributed by atoms with van der Waals surface area (Å²) in [6.45, 7) is 9.79. The summed E-state index contributed by atoms with van der Waals surface area (Å²) in [7, 11) is 3.83. The summed E-state index contributed by atoms with van der Waals surface area (Å²) < 4.78 is 5.17. The molecular formula is C15H26N2O. The van der Waals surface area contributed by atoms with Crippen molar-refractivity contribution in [3.8, 4) is 5.75 Å². The van der Waals surface area contributed by atoms with Crippen LogP contribution in [0.5, 0.6) is 5.75 Å². The number of hydrogen-bond donors (Lipinski definition) is 1.